The van der Waals surface area contributed by atoms with Crippen molar-refractivity contribution in [2.24, 2.45) is 0 Å². The van der Waals surface area contributed by atoms with Crippen LogP contribution in [0, 0.1) is 0 Å². The number of benzene rings is 1. The fourth-order valence-electron chi connectivity index (χ4n) is 1.46. The number of nitrogens with one attached hydrogen (secondary N) is 1. The van der Waals surface area contributed by atoms with Gasteiger partial charge in [0.15, 0.2) is 11.3 Å². The predicted octanol–water partition coefficient (Wildman–Crippen LogP) is -0.0601. The van der Waals surface area contributed by atoms with Gasteiger partial charge in [-0.15, -0.1) is 0 Å². The lowest BCUT2D eigenvalue weighted by Gasteiger charge is -2.04. The van der Waals surface area contributed by atoms with Crippen LogP contribution in [0.25, 0.3) is 22.3 Å². The van der Waals surface area contributed by atoms with Gasteiger partial charge in [0.1, 0.15) is 0 Å². The molecule has 3 aromatic rings. The molecule has 3 rings (SSSR count). The standard InChI is InChI=1S/C10H6N4O2/c15-9-10(16)14-8-7(13-9)11-5-3-1-2-4-6(5)12-8/h1-4H,(H,11,13,15)(H,12,14,16)/p-1. The Labute approximate surface area is 88.6 Å². The van der Waals surface area contributed by atoms with Gasteiger partial charge < -0.3 is 10.1 Å². The Bertz CT molecular complexity index is 750. The fourth-order valence-corrected chi connectivity index (χ4v) is 1.46. The molecule has 0 saturated heterocycles. The maximum absolute atomic E-state index is 11.1. The molecule has 0 aliphatic rings. The lowest BCUT2D eigenvalue weighted by molar-refractivity contribution is -0.276. The summed E-state index contributed by atoms with van der Waals surface area (Å²) < 4.78 is 0. The zero-order valence-corrected chi connectivity index (χ0v) is 7.97. The molecule has 0 atom stereocenters. The van der Waals surface area contributed by atoms with Gasteiger partial charge in [0.2, 0.25) is 0 Å². The van der Waals surface area contributed by atoms with E-state index in [2.05, 4.69) is 19.9 Å². The van der Waals surface area contributed by atoms with Crippen molar-refractivity contribution >= 4 is 22.3 Å². The summed E-state index contributed by atoms with van der Waals surface area (Å²) in [5.74, 6) is -0.850. The molecule has 16 heavy (non-hydrogen) atoms. The normalized spacial score (nSPS) is 11.0. The summed E-state index contributed by atoms with van der Waals surface area (Å²) >= 11 is 0. The van der Waals surface area contributed by atoms with Crippen molar-refractivity contribution in [2.45, 2.75) is 0 Å². The SMILES string of the molecule is O=c1[nH]c2nc3ccccc3nc2nc1[O-]. The van der Waals surface area contributed by atoms with Gasteiger partial charge in [0.05, 0.1) is 16.9 Å². The molecule has 0 aliphatic carbocycles. The average molecular weight is 213 g/mol. The molecule has 6 heteroatoms. The molecule has 0 aliphatic heterocycles. The molecule has 0 fully saturated rings. The highest BCUT2D eigenvalue weighted by molar-refractivity contribution is 5.82. The summed E-state index contributed by atoms with van der Waals surface area (Å²) in [6.07, 6.45) is 0. The smallest absolute Gasteiger partial charge is 0.260 e. The Morgan fingerprint density at radius 1 is 1.06 bits per heavy atom. The molecule has 2 aromatic heterocycles. The summed E-state index contributed by atoms with van der Waals surface area (Å²) in [6.45, 7) is 0. The molecule has 1 N–H and O–H groups in total. The molecule has 2 heterocycles. The number of para-hydroxylation sites is 2. The third kappa shape index (κ3) is 1.20. The summed E-state index contributed by atoms with van der Waals surface area (Å²) in [5.41, 5.74) is 0.878. The first kappa shape index (κ1) is 8.78. The van der Waals surface area contributed by atoms with Crippen molar-refractivity contribution < 1.29 is 5.11 Å². The Kier molecular flexibility index (Phi) is 1.64. The molecule has 0 spiro atoms. The van der Waals surface area contributed by atoms with E-state index in [1.54, 1.807) is 12.1 Å². The van der Waals surface area contributed by atoms with Gasteiger partial charge in [-0.3, -0.25) is 4.79 Å². The van der Waals surface area contributed by atoms with E-state index in [1.807, 2.05) is 12.1 Å². The van der Waals surface area contributed by atoms with E-state index in [-0.39, 0.29) is 11.3 Å². The number of fused-ring (bicyclic) bond motifs is 2. The van der Waals surface area contributed by atoms with E-state index in [4.69, 9.17) is 0 Å². The highest BCUT2D eigenvalue weighted by Gasteiger charge is 2.03. The number of hydrogen-bond acceptors (Lipinski definition) is 5. The molecule has 1 aromatic carbocycles. The van der Waals surface area contributed by atoms with E-state index in [1.165, 1.54) is 0 Å². The molecule has 6 nitrogen and oxygen atoms in total. The zero-order valence-electron chi connectivity index (χ0n) is 7.97. The van der Waals surface area contributed by atoms with Crippen LogP contribution in [0.5, 0.6) is 5.88 Å². The van der Waals surface area contributed by atoms with E-state index in [9.17, 15) is 9.90 Å². The zero-order chi connectivity index (χ0) is 11.1. The molecule has 0 amide bonds. The van der Waals surface area contributed by atoms with E-state index < -0.39 is 11.4 Å². The average Bonchev–Trinajstić information content (AvgIpc) is 2.28. The number of hydrogen-bond donors (Lipinski definition) is 1. The van der Waals surface area contributed by atoms with Crippen LogP contribution in [-0.2, 0) is 0 Å². The first-order chi connectivity index (χ1) is 7.74. The number of rotatable bonds is 0. The van der Waals surface area contributed by atoms with Crippen molar-refractivity contribution in [3.8, 4) is 5.88 Å². The molecule has 78 valence electrons. The van der Waals surface area contributed by atoms with Gasteiger partial charge in [0, 0.05) is 0 Å². The number of H-pyrrole nitrogens is 1. The highest BCUT2D eigenvalue weighted by Crippen LogP contribution is 2.11. The molecule has 0 bridgehead atoms. The maximum atomic E-state index is 11.1. The minimum Gasteiger partial charge on any atom is -0.855 e. The quantitative estimate of drug-likeness (QED) is 0.528. The summed E-state index contributed by atoms with van der Waals surface area (Å²) in [4.78, 5) is 25.3. The van der Waals surface area contributed by atoms with Crippen molar-refractivity contribution in [1.82, 2.24) is 19.9 Å². The second kappa shape index (κ2) is 2.99. The summed E-state index contributed by atoms with van der Waals surface area (Å²) in [6, 6.07) is 7.16. The second-order valence-electron chi connectivity index (χ2n) is 3.26. The summed E-state index contributed by atoms with van der Waals surface area (Å²) in [7, 11) is 0. The van der Waals surface area contributed by atoms with Crippen molar-refractivity contribution in [3.63, 3.8) is 0 Å². The molecule has 0 saturated carbocycles. The van der Waals surface area contributed by atoms with Crippen molar-refractivity contribution in [1.29, 1.82) is 0 Å². The van der Waals surface area contributed by atoms with Gasteiger partial charge in [-0.05, 0) is 12.1 Å². The third-order valence-corrected chi connectivity index (χ3v) is 2.19. The van der Waals surface area contributed by atoms with Crippen LogP contribution in [-0.4, -0.2) is 19.9 Å². The highest BCUT2D eigenvalue weighted by atomic mass is 16.3. The summed E-state index contributed by atoms with van der Waals surface area (Å²) in [5, 5.41) is 11.0. The van der Waals surface area contributed by atoms with E-state index >= 15 is 0 Å². The monoisotopic (exact) mass is 213 g/mol. The predicted molar refractivity (Wildman–Crippen MR) is 54.9 cm³/mol. The molecule has 0 radical (unpaired) electrons. The van der Waals surface area contributed by atoms with Crippen molar-refractivity contribution in [3.05, 3.63) is 34.6 Å². The van der Waals surface area contributed by atoms with Crippen LogP contribution in [0.2, 0.25) is 0 Å². The number of aromatic amines is 1. The van der Waals surface area contributed by atoms with Crippen LogP contribution in [0.4, 0.5) is 0 Å². The first-order valence-corrected chi connectivity index (χ1v) is 4.58. The second-order valence-corrected chi connectivity index (χ2v) is 3.26. The van der Waals surface area contributed by atoms with Crippen LogP contribution in [0.1, 0.15) is 0 Å². The minimum atomic E-state index is -0.850. The lowest BCUT2D eigenvalue weighted by Crippen LogP contribution is -2.16. The van der Waals surface area contributed by atoms with Gasteiger partial charge in [-0.2, -0.15) is 0 Å². The van der Waals surface area contributed by atoms with Crippen LogP contribution < -0.4 is 10.7 Å². The van der Waals surface area contributed by atoms with E-state index in [0.717, 1.165) is 0 Å². The van der Waals surface area contributed by atoms with Crippen LogP contribution in [0.3, 0.4) is 0 Å². The minimum absolute atomic E-state index is 0.156. The largest absolute Gasteiger partial charge is 0.855 e. The third-order valence-electron chi connectivity index (χ3n) is 2.19. The van der Waals surface area contributed by atoms with Gasteiger partial charge >= 0.3 is 0 Å². The molecular formula is C10H5N4O2-. The van der Waals surface area contributed by atoms with Gasteiger partial charge in [-0.25, -0.2) is 15.0 Å². The number of nitrogens with zero attached hydrogens (tertiary/aromatic N) is 3. The maximum Gasteiger partial charge on any atom is 0.260 e. The fraction of sp³-hybridized carbons (Fsp3) is 0. The Morgan fingerprint density at radius 3 is 2.50 bits per heavy atom. The first-order valence-electron chi connectivity index (χ1n) is 4.58. The van der Waals surface area contributed by atoms with Crippen LogP contribution >= 0.6 is 0 Å². The van der Waals surface area contributed by atoms with E-state index in [0.29, 0.717) is 11.0 Å². The van der Waals surface area contributed by atoms with Crippen LogP contribution in [0.15, 0.2) is 29.1 Å². The van der Waals surface area contributed by atoms with Gasteiger partial charge in [-0.1, -0.05) is 12.1 Å². The topological polar surface area (TPSA) is 94.6 Å². The lowest BCUT2D eigenvalue weighted by atomic mass is 10.3. The van der Waals surface area contributed by atoms with Crippen molar-refractivity contribution in [2.75, 3.05) is 0 Å². The van der Waals surface area contributed by atoms with Gasteiger partial charge in [0.25, 0.3) is 5.56 Å². The molecule has 0 unspecified atom stereocenters. The molecular weight excluding hydrogens is 208 g/mol. The number of aromatic nitrogens is 4. The Morgan fingerprint density at radius 2 is 1.75 bits per heavy atom. The Hall–Kier alpha value is -2.50. The Balaban J connectivity index is 2.51.